The Hall–Kier alpha value is 0.180. The molecule has 0 aliphatic carbocycles. The highest BCUT2D eigenvalue weighted by molar-refractivity contribution is 7.99. The van der Waals surface area contributed by atoms with Gasteiger partial charge in [0.25, 0.3) is 10.2 Å². The van der Waals surface area contributed by atoms with Crippen molar-refractivity contribution < 1.29 is 8.42 Å². The maximum atomic E-state index is 11.8. The molecule has 1 saturated heterocycles. The molecule has 1 fully saturated rings. The monoisotopic (exact) mass is 309 g/mol. The van der Waals surface area contributed by atoms with Crippen molar-refractivity contribution in [1.29, 1.82) is 0 Å². The van der Waals surface area contributed by atoms with Gasteiger partial charge in [0, 0.05) is 32.9 Å². The van der Waals surface area contributed by atoms with E-state index in [-0.39, 0.29) is 0 Å². The van der Waals surface area contributed by atoms with E-state index >= 15 is 0 Å². The summed E-state index contributed by atoms with van der Waals surface area (Å²) in [5.41, 5.74) is 0. The lowest BCUT2D eigenvalue weighted by Crippen LogP contribution is -2.40. The third-order valence-corrected chi connectivity index (χ3v) is 6.70. The first-order valence-electron chi connectivity index (χ1n) is 6.77. The molecule has 0 saturated carbocycles. The molecule has 0 aromatic rings. The van der Waals surface area contributed by atoms with Crippen LogP contribution >= 0.6 is 11.8 Å². The molecule has 0 bridgehead atoms. The molecule has 114 valence electrons. The van der Waals surface area contributed by atoms with Gasteiger partial charge in [0.1, 0.15) is 0 Å². The van der Waals surface area contributed by atoms with Crippen LogP contribution in [-0.2, 0) is 10.2 Å². The lowest BCUT2D eigenvalue weighted by atomic mass is 10.1. The van der Waals surface area contributed by atoms with Crippen molar-refractivity contribution in [2.45, 2.75) is 24.5 Å². The average molecular weight is 310 g/mol. The first-order valence-corrected chi connectivity index (χ1v) is 9.45. The molecule has 1 rings (SSSR count). The Labute approximate surface area is 122 Å². The predicted octanol–water partition coefficient (Wildman–Crippen LogP) is 0.942. The third-order valence-electron chi connectivity index (χ3n) is 3.67. The van der Waals surface area contributed by atoms with Crippen molar-refractivity contribution in [3.8, 4) is 0 Å². The van der Waals surface area contributed by atoms with Crippen LogP contribution in [0.4, 0.5) is 0 Å². The Kier molecular flexibility index (Phi) is 7.10. The maximum Gasteiger partial charge on any atom is 0.281 e. The van der Waals surface area contributed by atoms with Crippen LogP contribution in [0.1, 0.15) is 19.3 Å². The van der Waals surface area contributed by atoms with E-state index in [0.717, 1.165) is 31.3 Å². The highest BCUT2D eigenvalue weighted by atomic mass is 32.2. The molecule has 0 N–H and O–H groups in total. The Balaban J connectivity index is 2.24. The maximum absolute atomic E-state index is 11.8. The molecule has 0 radical (unpaired) electrons. The molecule has 1 aliphatic heterocycles. The van der Waals surface area contributed by atoms with Crippen molar-refractivity contribution in [2.75, 3.05) is 53.6 Å². The molecule has 7 heteroatoms. The van der Waals surface area contributed by atoms with Gasteiger partial charge < -0.3 is 4.90 Å². The van der Waals surface area contributed by atoms with Gasteiger partial charge in [-0.2, -0.15) is 28.8 Å². The second-order valence-corrected chi connectivity index (χ2v) is 8.63. The standard InChI is InChI=1S/C12H27N3O2S2/c1-13(2)19(16,17)14(3)8-5-9-15-10-6-12(18-4)7-11-15/h12H,5-11H2,1-4H3. The molecule has 0 unspecified atom stereocenters. The average Bonchev–Trinajstić information content (AvgIpc) is 2.39. The number of likely N-dealkylation sites (tertiary alicyclic amines) is 1. The second kappa shape index (κ2) is 7.83. The van der Waals surface area contributed by atoms with Crippen LogP contribution < -0.4 is 0 Å². The van der Waals surface area contributed by atoms with Gasteiger partial charge in [-0.1, -0.05) is 0 Å². The van der Waals surface area contributed by atoms with E-state index in [2.05, 4.69) is 11.2 Å². The smallest absolute Gasteiger partial charge is 0.281 e. The molecule has 5 nitrogen and oxygen atoms in total. The minimum Gasteiger partial charge on any atom is -0.303 e. The van der Waals surface area contributed by atoms with E-state index in [9.17, 15) is 8.42 Å². The molecule has 0 atom stereocenters. The van der Waals surface area contributed by atoms with Gasteiger partial charge >= 0.3 is 0 Å². The summed E-state index contributed by atoms with van der Waals surface area (Å²) in [7, 11) is 1.54. The molecular weight excluding hydrogens is 282 g/mol. The summed E-state index contributed by atoms with van der Waals surface area (Å²) >= 11 is 1.96. The van der Waals surface area contributed by atoms with Crippen molar-refractivity contribution in [2.24, 2.45) is 0 Å². The number of piperidine rings is 1. The molecule has 0 amide bonds. The van der Waals surface area contributed by atoms with Crippen molar-refractivity contribution >= 4 is 22.0 Å². The first kappa shape index (κ1) is 17.2. The third kappa shape index (κ3) is 5.23. The van der Waals surface area contributed by atoms with Gasteiger partial charge in [-0.3, -0.25) is 0 Å². The van der Waals surface area contributed by atoms with Gasteiger partial charge in [-0.15, -0.1) is 0 Å². The van der Waals surface area contributed by atoms with Crippen LogP contribution in [0, 0.1) is 0 Å². The van der Waals surface area contributed by atoms with Gasteiger partial charge in [0.2, 0.25) is 0 Å². The molecule has 1 heterocycles. The molecule has 19 heavy (non-hydrogen) atoms. The van der Waals surface area contributed by atoms with Crippen LogP contribution in [0.5, 0.6) is 0 Å². The molecular formula is C12H27N3O2S2. The fraction of sp³-hybridized carbons (Fsp3) is 1.00. The van der Waals surface area contributed by atoms with E-state index in [4.69, 9.17) is 0 Å². The van der Waals surface area contributed by atoms with E-state index in [0.29, 0.717) is 6.54 Å². The highest BCUT2D eigenvalue weighted by Crippen LogP contribution is 2.20. The van der Waals surface area contributed by atoms with E-state index < -0.39 is 10.2 Å². The normalized spacial score (nSPS) is 19.5. The van der Waals surface area contributed by atoms with Crippen LogP contribution in [0.25, 0.3) is 0 Å². The zero-order valence-corrected chi connectivity index (χ0v) is 14.1. The topological polar surface area (TPSA) is 43.9 Å². The predicted molar refractivity (Wildman–Crippen MR) is 82.8 cm³/mol. The molecule has 0 aromatic carbocycles. The number of hydrogen-bond donors (Lipinski definition) is 0. The summed E-state index contributed by atoms with van der Waals surface area (Å²) < 4.78 is 26.4. The second-order valence-electron chi connectivity index (χ2n) is 5.24. The zero-order valence-electron chi connectivity index (χ0n) is 12.5. The van der Waals surface area contributed by atoms with E-state index in [1.54, 1.807) is 21.1 Å². The minimum atomic E-state index is -3.25. The lowest BCUT2D eigenvalue weighted by molar-refractivity contribution is 0.225. The quantitative estimate of drug-likeness (QED) is 0.702. The molecule has 0 aromatic heterocycles. The van der Waals surface area contributed by atoms with Gasteiger partial charge in [0.15, 0.2) is 0 Å². The van der Waals surface area contributed by atoms with Crippen molar-refractivity contribution in [1.82, 2.24) is 13.5 Å². The van der Waals surface area contributed by atoms with Gasteiger partial charge in [0.05, 0.1) is 0 Å². The Morgan fingerprint density at radius 3 is 2.26 bits per heavy atom. The number of rotatable bonds is 7. The Bertz CT molecular complexity index is 352. The summed E-state index contributed by atoms with van der Waals surface area (Å²) in [6.07, 6.45) is 5.59. The van der Waals surface area contributed by atoms with E-state index in [1.807, 2.05) is 11.8 Å². The highest BCUT2D eigenvalue weighted by Gasteiger charge is 2.21. The Morgan fingerprint density at radius 2 is 1.79 bits per heavy atom. The Morgan fingerprint density at radius 1 is 1.21 bits per heavy atom. The van der Waals surface area contributed by atoms with Gasteiger partial charge in [-0.25, -0.2) is 0 Å². The van der Waals surface area contributed by atoms with Crippen LogP contribution in [0.3, 0.4) is 0 Å². The van der Waals surface area contributed by atoms with Gasteiger partial charge in [-0.05, 0) is 45.2 Å². The fourth-order valence-electron chi connectivity index (χ4n) is 2.28. The van der Waals surface area contributed by atoms with Crippen LogP contribution in [-0.4, -0.2) is 80.8 Å². The molecule has 0 spiro atoms. The summed E-state index contributed by atoms with van der Waals surface area (Å²) in [4.78, 5) is 2.45. The fourth-order valence-corrected chi connectivity index (χ4v) is 3.88. The van der Waals surface area contributed by atoms with Crippen molar-refractivity contribution in [3.05, 3.63) is 0 Å². The summed E-state index contributed by atoms with van der Waals surface area (Å²) in [5.74, 6) is 0. The summed E-state index contributed by atoms with van der Waals surface area (Å²) in [6.45, 7) is 3.88. The van der Waals surface area contributed by atoms with Crippen LogP contribution in [0.2, 0.25) is 0 Å². The number of thioether (sulfide) groups is 1. The van der Waals surface area contributed by atoms with Crippen molar-refractivity contribution in [3.63, 3.8) is 0 Å². The minimum absolute atomic E-state index is 0.586. The number of nitrogens with zero attached hydrogens (tertiary/aromatic N) is 3. The first-order chi connectivity index (χ1) is 8.87. The van der Waals surface area contributed by atoms with Crippen LogP contribution in [0.15, 0.2) is 0 Å². The summed E-state index contributed by atoms with van der Waals surface area (Å²) in [5, 5.41) is 0.813. The summed E-state index contributed by atoms with van der Waals surface area (Å²) in [6, 6.07) is 0. The lowest BCUT2D eigenvalue weighted by Gasteiger charge is -2.31. The molecule has 1 aliphatic rings. The largest absolute Gasteiger partial charge is 0.303 e. The zero-order chi connectivity index (χ0) is 14.5. The number of hydrogen-bond acceptors (Lipinski definition) is 4. The van der Waals surface area contributed by atoms with E-state index in [1.165, 1.54) is 21.5 Å². The SMILES string of the molecule is CSC1CCN(CCCN(C)S(=O)(=O)N(C)C)CC1.